The first kappa shape index (κ1) is 18.8. The van der Waals surface area contributed by atoms with Gasteiger partial charge in [-0.1, -0.05) is 0 Å². The van der Waals surface area contributed by atoms with Crippen molar-refractivity contribution >= 4 is 21.6 Å². The fraction of sp³-hybridized carbons (Fsp3) is 0.462. The van der Waals surface area contributed by atoms with E-state index in [2.05, 4.69) is 20.2 Å². The van der Waals surface area contributed by atoms with E-state index in [9.17, 15) is 22.0 Å². The molecule has 0 saturated carbocycles. The highest BCUT2D eigenvalue weighted by Gasteiger charge is 2.29. The highest BCUT2D eigenvalue weighted by molar-refractivity contribution is 7.92. The number of hydrogen-bond donors (Lipinski definition) is 2. The number of aromatic nitrogens is 4. The molecule has 0 bridgehead atoms. The quantitative estimate of drug-likeness (QED) is 0.789. The number of anilines is 1. The predicted octanol–water partition coefficient (Wildman–Crippen LogP) is 1.27. The molecule has 2 aromatic rings. The zero-order chi connectivity index (χ0) is 18.9. The molecule has 2 aromatic heterocycles. The maximum Gasteiger partial charge on any atom is 0.333 e. The predicted molar refractivity (Wildman–Crippen MR) is 85.1 cm³/mol. The van der Waals surface area contributed by atoms with Crippen molar-refractivity contribution in [2.24, 2.45) is 0 Å². The van der Waals surface area contributed by atoms with Gasteiger partial charge in [0.15, 0.2) is 5.69 Å². The first-order valence-corrected chi connectivity index (χ1v) is 8.76. The standard InChI is InChI=1S/C13H18F2N6O3S/c1-5-20-6-9(10(18-20)12(22)16-4)19-25(23,24)11-7(2)17-21(8(11)3)13(14)15/h6,13,19H,5H2,1-4H3,(H,16,22). The Hall–Kier alpha value is -2.50. The molecule has 2 heterocycles. The average molecular weight is 376 g/mol. The number of sulfonamides is 1. The minimum absolute atomic E-state index is 0.0511. The molecule has 0 aliphatic carbocycles. The summed E-state index contributed by atoms with van der Waals surface area (Å²) in [5, 5.41) is 9.91. The molecule has 9 nitrogen and oxygen atoms in total. The molecule has 0 aromatic carbocycles. The van der Waals surface area contributed by atoms with Crippen LogP contribution in [0.5, 0.6) is 0 Å². The molecule has 138 valence electrons. The molecule has 25 heavy (non-hydrogen) atoms. The molecule has 0 radical (unpaired) electrons. The molecule has 0 fully saturated rings. The van der Waals surface area contributed by atoms with Crippen molar-refractivity contribution in [1.29, 1.82) is 0 Å². The van der Waals surface area contributed by atoms with E-state index in [1.54, 1.807) is 6.92 Å². The summed E-state index contributed by atoms with van der Waals surface area (Å²) < 4.78 is 55.1. The summed E-state index contributed by atoms with van der Waals surface area (Å²) in [7, 11) is -2.86. The van der Waals surface area contributed by atoms with Gasteiger partial charge in [0.25, 0.3) is 15.9 Å². The number of rotatable bonds is 6. The first-order valence-electron chi connectivity index (χ1n) is 7.28. The minimum atomic E-state index is -4.25. The van der Waals surface area contributed by atoms with Crippen LogP contribution in [0.2, 0.25) is 0 Å². The summed E-state index contributed by atoms with van der Waals surface area (Å²) in [5.74, 6) is -0.582. The summed E-state index contributed by atoms with van der Waals surface area (Å²) in [6.45, 7) is 1.75. The van der Waals surface area contributed by atoms with Gasteiger partial charge in [0, 0.05) is 19.8 Å². The molecule has 0 atom stereocenters. The van der Waals surface area contributed by atoms with Gasteiger partial charge in [-0.15, -0.1) is 0 Å². The zero-order valence-corrected chi connectivity index (χ0v) is 14.9. The summed E-state index contributed by atoms with van der Waals surface area (Å²) in [5.41, 5.74) is -0.451. The van der Waals surface area contributed by atoms with Crippen molar-refractivity contribution in [3.8, 4) is 0 Å². The molecule has 2 rings (SSSR count). The molecular weight excluding hydrogens is 358 g/mol. The van der Waals surface area contributed by atoms with Gasteiger partial charge in [-0.2, -0.15) is 19.0 Å². The van der Waals surface area contributed by atoms with E-state index in [1.165, 1.54) is 31.8 Å². The van der Waals surface area contributed by atoms with Crippen LogP contribution in [0.3, 0.4) is 0 Å². The van der Waals surface area contributed by atoms with Crippen LogP contribution in [0.15, 0.2) is 11.1 Å². The Kier molecular flexibility index (Phi) is 5.11. The van der Waals surface area contributed by atoms with E-state index in [0.717, 1.165) is 0 Å². The van der Waals surface area contributed by atoms with Gasteiger partial charge in [-0.05, 0) is 20.8 Å². The lowest BCUT2D eigenvalue weighted by Gasteiger charge is -2.08. The normalized spacial score (nSPS) is 11.8. The molecule has 0 unspecified atom stereocenters. The van der Waals surface area contributed by atoms with E-state index in [1.807, 2.05) is 0 Å². The number of amides is 1. The lowest BCUT2D eigenvalue weighted by Crippen LogP contribution is -2.22. The highest BCUT2D eigenvalue weighted by Crippen LogP contribution is 2.26. The lowest BCUT2D eigenvalue weighted by molar-refractivity contribution is 0.0538. The second-order valence-electron chi connectivity index (χ2n) is 5.15. The first-order chi connectivity index (χ1) is 11.6. The third-order valence-electron chi connectivity index (χ3n) is 3.48. The van der Waals surface area contributed by atoms with Crippen molar-refractivity contribution < 1.29 is 22.0 Å². The Bertz CT molecular complexity index is 903. The summed E-state index contributed by atoms with van der Waals surface area (Å²) >= 11 is 0. The van der Waals surface area contributed by atoms with Gasteiger partial charge in [0.2, 0.25) is 0 Å². The molecule has 12 heteroatoms. The molecule has 1 amide bonds. The Balaban J connectivity index is 2.50. The van der Waals surface area contributed by atoms with E-state index in [0.29, 0.717) is 11.2 Å². The van der Waals surface area contributed by atoms with Gasteiger partial charge >= 0.3 is 6.55 Å². The minimum Gasteiger partial charge on any atom is -0.354 e. The SMILES string of the molecule is CCn1cc(NS(=O)(=O)c2c(C)nn(C(F)F)c2C)c(C(=O)NC)n1. The smallest absolute Gasteiger partial charge is 0.333 e. The number of hydrogen-bond acceptors (Lipinski definition) is 5. The lowest BCUT2D eigenvalue weighted by atomic mass is 10.3. The van der Waals surface area contributed by atoms with Crippen LogP contribution in [0.4, 0.5) is 14.5 Å². The largest absolute Gasteiger partial charge is 0.354 e. The number of nitrogens with zero attached hydrogens (tertiary/aromatic N) is 4. The van der Waals surface area contributed by atoms with Crippen LogP contribution in [-0.2, 0) is 16.6 Å². The van der Waals surface area contributed by atoms with Crippen molar-refractivity contribution in [1.82, 2.24) is 24.9 Å². The summed E-state index contributed by atoms with van der Waals surface area (Å²) in [4.78, 5) is 11.5. The van der Waals surface area contributed by atoms with Crippen LogP contribution in [0.25, 0.3) is 0 Å². The maximum atomic E-state index is 12.9. The fourth-order valence-corrected chi connectivity index (χ4v) is 3.82. The van der Waals surface area contributed by atoms with Crippen molar-refractivity contribution in [2.75, 3.05) is 11.8 Å². The molecular formula is C13H18F2N6O3S. The number of carbonyl (C=O) groups excluding carboxylic acids is 1. The van der Waals surface area contributed by atoms with Crippen LogP contribution in [-0.4, -0.2) is 40.9 Å². The Labute approximate surface area is 143 Å². The number of carbonyl (C=O) groups is 1. The van der Waals surface area contributed by atoms with Gasteiger partial charge in [0.05, 0.1) is 17.1 Å². The van der Waals surface area contributed by atoms with Gasteiger partial charge in [0.1, 0.15) is 4.90 Å². The average Bonchev–Trinajstić information content (AvgIpc) is 3.06. The van der Waals surface area contributed by atoms with Crippen molar-refractivity contribution in [3.63, 3.8) is 0 Å². The Morgan fingerprint density at radius 3 is 2.44 bits per heavy atom. The van der Waals surface area contributed by atoms with E-state index >= 15 is 0 Å². The number of aryl methyl sites for hydroxylation is 2. The van der Waals surface area contributed by atoms with Gasteiger partial charge in [-0.3, -0.25) is 14.2 Å². The molecule has 2 N–H and O–H groups in total. The second kappa shape index (κ2) is 6.78. The monoisotopic (exact) mass is 376 g/mol. The third-order valence-corrected chi connectivity index (χ3v) is 5.10. The highest BCUT2D eigenvalue weighted by atomic mass is 32.2. The number of nitrogens with one attached hydrogen (secondary N) is 2. The summed E-state index contributed by atoms with van der Waals surface area (Å²) in [6, 6.07) is 0. The van der Waals surface area contributed by atoms with Crippen molar-refractivity contribution in [2.45, 2.75) is 38.8 Å². The van der Waals surface area contributed by atoms with Crippen LogP contribution in [0, 0.1) is 13.8 Å². The number of alkyl halides is 2. The fourth-order valence-electron chi connectivity index (χ4n) is 2.37. The third kappa shape index (κ3) is 3.48. The Morgan fingerprint density at radius 1 is 1.32 bits per heavy atom. The van der Waals surface area contributed by atoms with Crippen LogP contribution >= 0.6 is 0 Å². The van der Waals surface area contributed by atoms with E-state index in [-0.39, 0.29) is 27.7 Å². The van der Waals surface area contributed by atoms with Crippen LogP contribution < -0.4 is 10.0 Å². The van der Waals surface area contributed by atoms with Gasteiger partial charge in [-0.25, -0.2) is 13.1 Å². The van der Waals surface area contributed by atoms with E-state index < -0.39 is 22.5 Å². The second-order valence-corrected chi connectivity index (χ2v) is 6.77. The topological polar surface area (TPSA) is 111 Å². The Morgan fingerprint density at radius 2 is 1.96 bits per heavy atom. The number of halogens is 2. The molecule has 0 aliphatic heterocycles. The summed E-state index contributed by atoms with van der Waals surface area (Å²) in [6.07, 6.45) is 1.35. The zero-order valence-electron chi connectivity index (χ0n) is 14.0. The van der Waals surface area contributed by atoms with Crippen molar-refractivity contribution in [3.05, 3.63) is 23.3 Å². The van der Waals surface area contributed by atoms with Gasteiger partial charge < -0.3 is 5.32 Å². The molecule has 0 saturated heterocycles. The maximum absolute atomic E-state index is 12.9. The van der Waals surface area contributed by atoms with Crippen LogP contribution in [0.1, 0.15) is 35.3 Å². The molecule has 0 spiro atoms. The molecule has 0 aliphatic rings. The van der Waals surface area contributed by atoms with E-state index in [4.69, 9.17) is 0 Å².